The molecule has 1 heterocycles. The molecular formula is C36H50N2O2. The highest BCUT2D eigenvalue weighted by atomic mass is 16.5. The van der Waals surface area contributed by atoms with Crippen molar-refractivity contribution in [3.63, 3.8) is 0 Å². The zero-order valence-electron chi connectivity index (χ0n) is 25.0. The highest BCUT2D eigenvalue weighted by Gasteiger charge is 2.16. The zero-order chi connectivity index (χ0) is 28.5. The molecule has 0 bridgehead atoms. The van der Waals surface area contributed by atoms with Gasteiger partial charge >= 0.3 is 0 Å². The van der Waals surface area contributed by atoms with Crippen LogP contribution >= 0.6 is 0 Å². The Morgan fingerprint density at radius 1 is 0.750 bits per heavy atom. The molecule has 0 atom stereocenters. The number of aliphatic hydroxyl groups excluding tert-OH is 1. The lowest BCUT2D eigenvalue weighted by molar-refractivity contribution is 0.304. The Balaban J connectivity index is 1.22. The molecule has 0 aliphatic carbocycles. The molecule has 0 saturated carbocycles. The van der Waals surface area contributed by atoms with E-state index >= 15 is 0 Å². The van der Waals surface area contributed by atoms with Crippen LogP contribution in [0.3, 0.4) is 0 Å². The molecule has 0 fully saturated rings. The van der Waals surface area contributed by atoms with Crippen LogP contribution < -0.4 is 4.74 Å². The molecule has 1 aliphatic heterocycles. The first-order valence-corrected chi connectivity index (χ1v) is 15.5. The van der Waals surface area contributed by atoms with Gasteiger partial charge in [-0.25, -0.2) is 0 Å². The lowest BCUT2D eigenvalue weighted by atomic mass is 10.0. The molecule has 4 heteroatoms. The van der Waals surface area contributed by atoms with Crippen molar-refractivity contribution in [2.24, 2.45) is 10.2 Å². The number of hydrogen-bond donors (Lipinski definition) is 1. The van der Waals surface area contributed by atoms with Crippen LogP contribution in [0.4, 0.5) is 0 Å². The van der Waals surface area contributed by atoms with Crippen LogP contribution in [0, 0.1) is 0 Å². The molecule has 40 heavy (non-hydrogen) atoms. The molecule has 0 unspecified atom stereocenters. The van der Waals surface area contributed by atoms with Crippen LogP contribution in [-0.2, 0) is 0 Å². The molecule has 0 saturated heterocycles. The molecule has 2 aromatic carbocycles. The van der Waals surface area contributed by atoms with Crippen molar-refractivity contribution < 1.29 is 9.84 Å². The minimum atomic E-state index is -0.169. The van der Waals surface area contributed by atoms with Gasteiger partial charge in [-0.2, -0.15) is 5.11 Å². The summed E-state index contributed by atoms with van der Waals surface area (Å²) in [6.07, 6.45) is 20.4. The second-order valence-electron chi connectivity index (χ2n) is 11.8. The number of allylic oxidation sites excluding steroid dienone is 1. The molecule has 1 aliphatic rings. The second kappa shape index (κ2) is 17.6. The fraction of sp³-hybridized carbons (Fsp3) is 0.528. The van der Waals surface area contributed by atoms with E-state index in [-0.39, 0.29) is 5.54 Å². The normalized spacial score (nSPS) is 14.1. The summed E-state index contributed by atoms with van der Waals surface area (Å²) in [6, 6.07) is 16.9. The monoisotopic (exact) mass is 542 g/mol. The second-order valence-corrected chi connectivity index (χ2v) is 11.8. The van der Waals surface area contributed by atoms with Gasteiger partial charge in [-0.15, -0.1) is 5.11 Å². The fourth-order valence-corrected chi connectivity index (χ4v) is 4.92. The Morgan fingerprint density at radius 2 is 1.23 bits per heavy atom. The van der Waals surface area contributed by atoms with Crippen molar-refractivity contribution in [3.8, 4) is 16.9 Å². The predicted molar refractivity (Wildman–Crippen MR) is 169 cm³/mol. The van der Waals surface area contributed by atoms with Crippen LogP contribution in [0.15, 0.2) is 82.9 Å². The SMILES string of the molecule is C=C(O)CCCCCCCCCCCCCCCOc1ccc(-c2ccc(C3=C=CCC(C)(C)N=N3)cc2)cc1. The summed E-state index contributed by atoms with van der Waals surface area (Å²) in [7, 11) is 0. The Kier molecular flexibility index (Phi) is 13.8. The standard InChI is InChI=1S/C36H50N2O2/c1-30(39)18-15-13-11-9-7-5-4-6-8-10-12-14-16-29-40-34-26-24-32(25-27-34)31-20-22-33(23-21-31)35-19-17-28-36(2,3)38-37-35/h17,20-27,39H,1,4-16,18,28-29H2,2-3H3. The van der Waals surface area contributed by atoms with E-state index in [0.29, 0.717) is 5.76 Å². The van der Waals surface area contributed by atoms with Crippen molar-refractivity contribution in [2.75, 3.05) is 6.61 Å². The molecule has 216 valence electrons. The Hall–Kier alpha value is -3.10. The molecule has 0 radical (unpaired) electrons. The quantitative estimate of drug-likeness (QED) is 0.109. The highest BCUT2D eigenvalue weighted by molar-refractivity contribution is 5.70. The van der Waals surface area contributed by atoms with Gasteiger partial charge in [0.05, 0.1) is 17.9 Å². The average molecular weight is 543 g/mol. The minimum absolute atomic E-state index is 0.169. The van der Waals surface area contributed by atoms with Crippen molar-refractivity contribution in [2.45, 2.75) is 116 Å². The summed E-state index contributed by atoms with van der Waals surface area (Å²) in [6.45, 7) is 8.50. The summed E-state index contributed by atoms with van der Waals surface area (Å²) >= 11 is 0. The number of rotatable bonds is 19. The molecule has 0 amide bonds. The van der Waals surface area contributed by atoms with E-state index in [1.165, 1.54) is 81.8 Å². The van der Waals surface area contributed by atoms with Gasteiger partial charge in [0.2, 0.25) is 0 Å². The van der Waals surface area contributed by atoms with E-state index < -0.39 is 0 Å². The van der Waals surface area contributed by atoms with E-state index in [9.17, 15) is 0 Å². The fourth-order valence-electron chi connectivity index (χ4n) is 4.92. The molecule has 0 spiro atoms. The summed E-state index contributed by atoms with van der Waals surface area (Å²) in [4.78, 5) is 0. The third-order valence-electron chi connectivity index (χ3n) is 7.49. The third-order valence-corrected chi connectivity index (χ3v) is 7.49. The summed E-state index contributed by atoms with van der Waals surface area (Å²) in [5.41, 5.74) is 7.29. The number of nitrogens with zero attached hydrogens (tertiary/aromatic N) is 2. The van der Waals surface area contributed by atoms with Gasteiger partial charge in [-0.05, 0) is 62.4 Å². The first-order chi connectivity index (χ1) is 19.4. The van der Waals surface area contributed by atoms with Gasteiger partial charge in [-0.3, -0.25) is 0 Å². The number of unbranched alkanes of at least 4 members (excludes halogenated alkanes) is 12. The maximum Gasteiger partial charge on any atom is 0.134 e. The van der Waals surface area contributed by atoms with Gasteiger partial charge in [0, 0.05) is 12.0 Å². The maximum atomic E-state index is 9.09. The third kappa shape index (κ3) is 12.4. The highest BCUT2D eigenvalue weighted by Crippen LogP contribution is 2.27. The lowest BCUT2D eigenvalue weighted by Gasteiger charge is -2.13. The first-order valence-electron chi connectivity index (χ1n) is 15.5. The van der Waals surface area contributed by atoms with E-state index in [4.69, 9.17) is 9.84 Å². The first kappa shape index (κ1) is 31.4. The minimum Gasteiger partial charge on any atom is -0.513 e. The van der Waals surface area contributed by atoms with Crippen molar-refractivity contribution in [1.29, 1.82) is 0 Å². The molecule has 3 rings (SSSR count). The van der Waals surface area contributed by atoms with E-state index in [2.05, 4.69) is 84.9 Å². The number of benzene rings is 2. The smallest absolute Gasteiger partial charge is 0.134 e. The molecule has 1 N–H and O–H groups in total. The molecular weight excluding hydrogens is 492 g/mol. The Morgan fingerprint density at radius 3 is 1.77 bits per heavy atom. The predicted octanol–water partition coefficient (Wildman–Crippen LogP) is 11.4. The van der Waals surface area contributed by atoms with Crippen molar-refractivity contribution >= 4 is 5.70 Å². The van der Waals surface area contributed by atoms with Crippen molar-refractivity contribution in [3.05, 3.63) is 78.2 Å². The zero-order valence-corrected chi connectivity index (χ0v) is 25.0. The molecule has 2 aromatic rings. The average Bonchev–Trinajstić information content (AvgIpc) is 3.13. The van der Waals surface area contributed by atoms with E-state index in [0.717, 1.165) is 49.3 Å². The van der Waals surface area contributed by atoms with Gasteiger partial charge in [0.25, 0.3) is 0 Å². The van der Waals surface area contributed by atoms with Crippen LogP contribution in [0.5, 0.6) is 5.75 Å². The Labute approximate surface area is 243 Å². The largest absolute Gasteiger partial charge is 0.513 e. The Bertz CT molecular complexity index is 1110. The van der Waals surface area contributed by atoms with Gasteiger partial charge in [-0.1, -0.05) is 119 Å². The van der Waals surface area contributed by atoms with Crippen LogP contribution in [-0.4, -0.2) is 17.3 Å². The maximum absolute atomic E-state index is 9.09. The van der Waals surface area contributed by atoms with Gasteiger partial charge in [0.15, 0.2) is 0 Å². The number of ether oxygens (including phenoxy) is 1. The summed E-state index contributed by atoms with van der Waals surface area (Å²) in [5.74, 6) is 1.27. The van der Waals surface area contributed by atoms with E-state index in [1.54, 1.807) is 0 Å². The molecule has 4 nitrogen and oxygen atoms in total. The number of hydrogen-bond acceptors (Lipinski definition) is 4. The summed E-state index contributed by atoms with van der Waals surface area (Å²) in [5, 5.41) is 18.0. The van der Waals surface area contributed by atoms with Gasteiger partial charge in [0.1, 0.15) is 11.4 Å². The lowest BCUT2D eigenvalue weighted by Crippen LogP contribution is -2.13. The van der Waals surface area contributed by atoms with Crippen molar-refractivity contribution in [1.82, 2.24) is 0 Å². The molecule has 0 aromatic heterocycles. The van der Waals surface area contributed by atoms with Crippen LogP contribution in [0.1, 0.15) is 116 Å². The summed E-state index contributed by atoms with van der Waals surface area (Å²) < 4.78 is 5.99. The van der Waals surface area contributed by atoms with Crippen LogP contribution in [0.2, 0.25) is 0 Å². The number of azo groups is 1. The van der Waals surface area contributed by atoms with E-state index in [1.807, 2.05) is 6.08 Å². The topological polar surface area (TPSA) is 54.2 Å². The van der Waals surface area contributed by atoms with Gasteiger partial charge < -0.3 is 9.84 Å². The van der Waals surface area contributed by atoms with Crippen LogP contribution in [0.25, 0.3) is 16.8 Å². The number of aliphatic hydroxyl groups is 1.